The van der Waals surface area contributed by atoms with Gasteiger partial charge in [0.05, 0.1) is 12.5 Å². The number of carbonyl (C=O) groups excluding carboxylic acids is 2. The summed E-state index contributed by atoms with van der Waals surface area (Å²) in [5, 5.41) is 2.68. The van der Waals surface area contributed by atoms with E-state index in [4.69, 9.17) is 4.74 Å². The van der Waals surface area contributed by atoms with Gasteiger partial charge in [0.25, 0.3) is 0 Å². The molecule has 1 N–H and O–H groups in total. The summed E-state index contributed by atoms with van der Waals surface area (Å²) in [6.45, 7) is 3.72. The van der Waals surface area contributed by atoms with Gasteiger partial charge in [-0.25, -0.2) is 0 Å². The standard InChI is InChI=1S/C10H14O.C7H11NO2/c1-2-3-9-11-10-7-5-4-6-8-10;9-5-6-3-1-2-4-8-7(6)10/h4-8H,2-3,9H2,1H3;5-6H,1-4H2,(H,8,10). The highest BCUT2D eigenvalue weighted by molar-refractivity contribution is 5.91. The van der Waals surface area contributed by atoms with Crippen molar-refractivity contribution in [3.8, 4) is 5.75 Å². The van der Waals surface area contributed by atoms with Gasteiger partial charge in [-0.3, -0.25) is 4.79 Å². The minimum Gasteiger partial charge on any atom is -0.494 e. The Balaban J connectivity index is 0.000000211. The Morgan fingerprint density at radius 3 is 2.71 bits per heavy atom. The number of nitrogens with one attached hydrogen (secondary N) is 1. The molecule has 1 unspecified atom stereocenters. The molecule has 0 spiro atoms. The summed E-state index contributed by atoms with van der Waals surface area (Å²) >= 11 is 0. The lowest BCUT2D eigenvalue weighted by atomic mass is 10.1. The zero-order valence-corrected chi connectivity index (χ0v) is 12.7. The number of hydrogen-bond acceptors (Lipinski definition) is 3. The molecule has 0 bridgehead atoms. The molecule has 4 heteroatoms. The average Bonchev–Trinajstić information content (AvgIpc) is 2.73. The molecule has 0 aromatic heterocycles. The van der Waals surface area contributed by atoms with Crippen molar-refractivity contribution < 1.29 is 14.3 Å². The maximum Gasteiger partial charge on any atom is 0.230 e. The number of amides is 1. The van der Waals surface area contributed by atoms with E-state index in [9.17, 15) is 9.59 Å². The number of ether oxygens (including phenoxy) is 1. The first-order valence-electron chi connectivity index (χ1n) is 7.68. The highest BCUT2D eigenvalue weighted by atomic mass is 16.5. The van der Waals surface area contributed by atoms with Crippen molar-refractivity contribution in [2.24, 2.45) is 5.92 Å². The molecule has 1 heterocycles. The van der Waals surface area contributed by atoms with Crippen molar-refractivity contribution in [3.05, 3.63) is 30.3 Å². The largest absolute Gasteiger partial charge is 0.494 e. The fourth-order valence-electron chi connectivity index (χ4n) is 1.94. The summed E-state index contributed by atoms with van der Waals surface area (Å²) in [6.07, 6.45) is 5.75. The summed E-state index contributed by atoms with van der Waals surface area (Å²) in [6, 6.07) is 9.93. The summed E-state index contributed by atoms with van der Waals surface area (Å²) in [4.78, 5) is 21.2. The van der Waals surface area contributed by atoms with Gasteiger partial charge in [-0.1, -0.05) is 38.0 Å². The van der Waals surface area contributed by atoms with Crippen molar-refractivity contribution >= 4 is 12.2 Å². The lowest BCUT2D eigenvalue weighted by molar-refractivity contribution is -0.128. The predicted octanol–water partition coefficient (Wildman–Crippen LogP) is 2.97. The van der Waals surface area contributed by atoms with Gasteiger partial charge in [0, 0.05) is 6.54 Å². The molecule has 1 aliphatic rings. The predicted molar refractivity (Wildman–Crippen MR) is 83.3 cm³/mol. The van der Waals surface area contributed by atoms with Gasteiger partial charge >= 0.3 is 0 Å². The molecule has 1 aromatic rings. The zero-order chi connectivity index (χ0) is 15.3. The van der Waals surface area contributed by atoms with E-state index in [0.29, 0.717) is 0 Å². The third kappa shape index (κ3) is 7.49. The topological polar surface area (TPSA) is 55.4 Å². The van der Waals surface area contributed by atoms with E-state index in [1.54, 1.807) is 0 Å². The Kier molecular flexibility index (Phi) is 8.93. The van der Waals surface area contributed by atoms with E-state index in [1.165, 1.54) is 6.42 Å². The molecule has 116 valence electrons. The summed E-state index contributed by atoms with van der Waals surface area (Å²) in [7, 11) is 0. The lowest BCUT2D eigenvalue weighted by Crippen LogP contribution is -2.29. The summed E-state index contributed by atoms with van der Waals surface area (Å²) in [5.74, 6) is 0.482. The van der Waals surface area contributed by atoms with E-state index < -0.39 is 0 Å². The molecular formula is C17H25NO3. The van der Waals surface area contributed by atoms with Crippen LogP contribution in [0.25, 0.3) is 0 Å². The van der Waals surface area contributed by atoms with E-state index in [1.807, 2.05) is 30.3 Å². The Morgan fingerprint density at radius 2 is 2.05 bits per heavy atom. The summed E-state index contributed by atoms with van der Waals surface area (Å²) in [5.41, 5.74) is 0. The Bertz CT molecular complexity index is 406. The van der Waals surface area contributed by atoms with Crippen molar-refractivity contribution in [2.75, 3.05) is 13.2 Å². The number of para-hydroxylation sites is 1. The van der Waals surface area contributed by atoms with Gasteiger partial charge in [-0.05, 0) is 31.4 Å². The average molecular weight is 291 g/mol. The first kappa shape index (κ1) is 17.2. The van der Waals surface area contributed by atoms with Crippen LogP contribution in [0, 0.1) is 5.92 Å². The van der Waals surface area contributed by atoms with Gasteiger partial charge in [0.2, 0.25) is 5.91 Å². The molecule has 2 rings (SSSR count). The molecule has 1 saturated heterocycles. The minimum absolute atomic E-state index is 0.104. The van der Waals surface area contributed by atoms with Crippen LogP contribution >= 0.6 is 0 Å². The van der Waals surface area contributed by atoms with Crippen LogP contribution in [0.1, 0.15) is 39.0 Å². The Labute approximate surface area is 126 Å². The fraction of sp³-hybridized carbons (Fsp3) is 0.529. The number of unbranched alkanes of at least 4 members (excludes halogenated alkanes) is 1. The molecule has 0 radical (unpaired) electrons. The van der Waals surface area contributed by atoms with Crippen molar-refractivity contribution in [1.82, 2.24) is 5.32 Å². The molecule has 21 heavy (non-hydrogen) atoms. The van der Waals surface area contributed by atoms with E-state index >= 15 is 0 Å². The van der Waals surface area contributed by atoms with Crippen molar-refractivity contribution in [2.45, 2.75) is 39.0 Å². The van der Waals surface area contributed by atoms with Gasteiger partial charge in [-0.2, -0.15) is 0 Å². The second-order valence-corrected chi connectivity index (χ2v) is 5.04. The molecule has 1 amide bonds. The fourth-order valence-corrected chi connectivity index (χ4v) is 1.94. The number of rotatable bonds is 5. The Hall–Kier alpha value is -1.84. The van der Waals surface area contributed by atoms with Crippen LogP contribution in [-0.2, 0) is 9.59 Å². The molecule has 1 atom stereocenters. The molecule has 1 aromatic carbocycles. The normalized spacial score (nSPS) is 17.8. The molecule has 1 fully saturated rings. The SMILES string of the molecule is CCCCOc1ccccc1.O=CC1CCCCNC1=O. The van der Waals surface area contributed by atoms with E-state index in [0.717, 1.165) is 50.9 Å². The van der Waals surface area contributed by atoms with Gasteiger partial charge in [-0.15, -0.1) is 0 Å². The maximum atomic E-state index is 10.9. The number of aldehydes is 1. The van der Waals surface area contributed by atoms with Crippen LogP contribution in [0.2, 0.25) is 0 Å². The second kappa shape index (κ2) is 10.9. The number of benzene rings is 1. The number of hydrogen-bond donors (Lipinski definition) is 1. The lowest BCUT2D eigenvalue weighted by Gasteiger charge is -2.03. The third-order valence-electron chi connectivity index (χ3n) is 3.25. The van der Waals surface area contributed by atoms with Crippen molar-refractivity contribution in [3.63, 3.8) is 0 Å². The van der Waals surface area contributed by atoms with Crippen LogP contribution < -0.4 is 10.1 Å². The van der Waals surface area contributed by atoms with Crippen LogP contribution in [0.5, 0.6) is 5.75 Å². The van der Waals surface area contributed by atoms with Crippen LogP contribution in [-0.4, -0.2) is 25.3 Å². The first-order chi connectivity index (χ1) is 10.3. The zero-order valence-electron chi connectivity index (χ0n) is 12.7. The highest BCUT2D eigenvalue weighted by Gasteiger charge is 2.18. The first-order valence-corrected chi connectivity index (χ1v) is 7.68. The number of carbonyl (C=O) groups is 2. The monoisotopic (exact) mass is 291 g/mol. The van der Waals surface area contributed by atoms with E-state index in [-0.39, 0.29) is 11.8 Å². The quantitative estimate of drug-likeness (QED) is 0.515. The second-order valence-electron chi connectivity index (χ2n) is 5.04. The molecule has 1 aliphatic heterocycles. The van der Waals surface area contributed by atoms with Gasteiger partial charge in [0.15, 0.2) is 0 Å². The summed E-state index contributed by atoms with van der Waals surface area (Å²) < 4.78 is 5.45. The minimum atomic E-state index is -0.387. The van der Waals surface area contributed by atoms with Crippen LogP contribution in [0.15, 0.2) is 30.3 Å². The smallest absolute Gasteiger partial charge is 0.230 e. The maximum absolute atomic E-state index is 10.9. The van der Waals surface area contributed by atoms with Crippen LogP contribution in [0.3, 0.4) is 0 Å². The van der Waals surface area contributed by atoms with Crippen molar-refractivity contribution in [1.29, 1.82) is 0 Å². The van der Waals surface area contributed by atoms with Crippen LogP contribution in [0.4, 0.5) is 0 Å². The van der Waals surface area contributed by atoms with Gasteiger partial charge < -0.3 is 14.8 Å². The molecular weight excluding hydrogens is 266 g/mol. The highest BCUT2D eigenvalue weighted by Crippen LogP contribution is 2.09. The Morgan fingerprint density at radius 1 is 1.29 bits per heavy atom. The molecule has 0 aliphatic carbocycles. The third-order valence-corrected chi connectivity index (χ3v) is 3.25. The van der Waals surface area contributed by atoms with E-state index in [2.05, 4.69) is 12.2 Å². The van der Waals surface area contributed by atoms with Gasteiger partial charge in [0.1, 0.15) is 12.0 Å². The molecule has 4 nitrogen and oxygen atoms in total. The molecule has 0 saturated carbocycles.